The second-order valence-corrected chi connectivity index (χ2v) is 5.28. The Balaban J connectivity index is 2.52. The molecule has 98 valence electrons. The zero-order chi connectivity index (χ0) is 12.8. The summed E-state index contributed by atoms with van der Waals surface area (Å²) >= 11 is 0. The van der Waals surface area contributed by atoms with Crippen LogP contribution in [0.25, 0.3) is 0 Å². The number of hydrogen-bond donors (Lipinski definition) is 1. The minimum Gasteiger partial charge on any atom is -0.339 e. The highest BCUT2D eigenvalue weighted by Gasteiger charge is 2.15. The summed E-state index contributed by atoms with van der Waals surface area (Å²) in [6, 6.07) is 0. The highest BCUT2D eigenvalue weighted by molar-refractivity contribution is 4.88. The van der Waals surface area contributed by atoms with E-state index in [9.17, 15) is 0 Å². The number of hydrogen-bond acceptors (Lipinski definition) is 5. The van der Waals surface area contributed by atoms with Gasteiger partial charge in [-0.2, -0.15) is 4.98 Å². The predicted molar refractivity (Wildman–Crippen MR) is 67.4 cm³/mol. The van der Waals surface area contributed by atoms with E-state index < -0.39 is 0 Å². The molecule has 0 aliphatic heterocycles. The van der Waals surface area contributed by atoms with Crippen molar-refractivity contribution in [2.75, 3.05) is 20.6 Å². The second-order valence-electron chi connectivity index (χ2n) is 5.28. The first kappa shape index (κ1) is 14.1. The van der Waals surface area contributed by atoms with Crippen LogP contribution < -0.4 is 5.73 Å². The van der Waals surface area contributed by atoms with E-state index in [1.165, 1.54) is 0 Å². The van der Waals surface area contributed by atoms with Crippen molar-refractivity contribution < 1.29 is 4.52 Å². The third kappa shape index (κ3) is 5.28. The molecule has 0 aliphatic carbocycles. The molecule has 1 aromatic rings. The molecular weight excluding hydrogens is 216 g/mol. The van der Waals surface area contributed by atoms with Gasteiger partial charge in [-0.05, 0) is 38.9 Å². The summed E-state index contributed by atoms with van der Waals surface area (Å²) in [5.41, 5.74) is 5.76. The summed E-state index contributed by atoms with van der Waals surface area (Å²) in [6.07, 6.45) is 1.89. The second kappa shape index (κ2) is 6.71. The molecule has 1 aromatic heterocycles. The predicted octanol–water partition coefficient (Wildman–Crippen LogP) is 1.29. The van der Waals surface area contributed by atoms with Crippen molar-refractivity contribution in [3.05, 3.63) is 11.7 Å². The van der Waals surface area contributed by atoms with Crippen molar-refractivity contribution in [3.8, 4) is 0 Å². The van der Waals surface area contributed by atoms with Crippen LogP contribution in [0.15, 0.2) is 4.52 Å². The lowest BCUT2D eigenvalue weighted by molar-refractivity contribution is 0.323. The van der Waals surface area contributed by atoms with Crippen molar-refractivity contribution in [2.45, 2.75) is 33.2 Å². The van der Waals surface area contributed by atoms with Crippen molar-refractivity contribution in [1.29, 1.82) is 0 Å². The monoisotopic (exact) mass is 240 g/mol. The standard InChI is InChI=1S/C12H24N4O/c1-9(2)5-10(7-13)6-12-14-11(15-17-12)8-16(3)4/h9-10H,5-8,13H2,1-4H3. The Morgan fingerprint density at radius 2 is 2.06 bits per heavy atom. The van der Waals surface area contributed by atoms with Gasteiger partial charge in [-0.1, -0.05) is 19.0 Å². The summed E-state index contributed by atoms with van der Waals surface area (Å²) in [6.45, 7) is 5.78. The van der Waals surface area contributed by atoms with Crippen molar-refractivity contribution in [1.82, 2.24) is 15.0 Å². The summed E-state index contributed by atoms with van der Waals surface area (Å²) in [5.74, 6) is 2.53. The van der Waals surface area contributed by atoms with Gasteiger partial charge in [0.2, 0.25) is 5.89 Å². The maximum Gasteiger partial charge on any atom is 0.227 e. The van der Waals surface area contributed by atoms with E-state index in [2.05, 4.69) is 24.0 Å². The SMILES string of the molecule is CC(C)CC(CN)Cc1nc(CN(C)C)no1. The zero-order valence-corrected chi connectivity index (χ0v) is 11.3. The average molecular weight is 240 g/mol. The smallest absolute Gasteiger partial charge is 0.227 e. The number of nitrogens with zero attached hydrogens (tertiary/aromatic N) is 3. The van der Waals surface area contributed by atoms with Gasteiger partial charge in [0.15, 0.2) is 5.82 Å². The van der Waals surface area contributed by atoms with Crippen LogP contribution in [0, 0.1) is 11.8 Å². The minimum atomic E-state index is 0.433. The fourth-order valence-corrected chi connectivity index (χ4v) is 1.90. The Hall–Kier alpha value is -0.940. The van der Waals surface area contributed by atoms with E-state index in [1.54, 1.807) is 0 Å². The molecule has 1 rings (SSSR count). The molecule has 0 fully saturated rings. The van der Waals surface area contributed by atoms with Gasteiger partial charge in [0, 0.05) is 6.42 Å². The largest absolute Gasteiger partial charge is 0.339 e. The summed E-state index contributed by atoms with van der Waals surface area (Å²) in [4.78, 5) is 6.39. The van der Waals surface area contributed by atoms with Gasteiger partial charge in [0.25, 0.3) is 0 Å². The van der Waals surface area contributed by atoms with Gasteiger partial charge in [-0.15, -0.1) is 0 Å². The molecule has 0 spiro atoms. The van der Waals surface area contributed by atoms with Gasteiger partial charge in [0.1, 0.15) is 0 Å². The van der Waals surface area contributed by atoms with Crippen LogP contribution in [0.4, 0.5) is 0 Å². The number of aromatic nitrogens is 2. The topological polar surface area (TPSA) is 68.2 Å². The molecule has 1 unspecified atom stereocenters. The normalized spacial score (nSPS) is 13.6. The zero-order valence-electron chi connectivity index (χ0n) is 11.3. The first-order valence-electron chi connectivity index (χ1n) is 6.17. The van der Waals surface area contributed by atoms with Crippen LogP contribution in [0.2, 0.25) is 0 Å². The molecule has 0 bridgehead atoms. The lowest BCUT2D eigenvalue weighted by atomic mass is 9.94. The van der Waals surface area contributed by atoms with E-state index in [-0.39, 0.29) is 0 Å². The molecule has 5 heteroatoms. The van der Waals surface area contributed by atoms with E-state index in [1.807, 2.05) is 19.0 Å². The molecule has 0 aliphatic rings. The minimum absolute atomic E-state index is 0.433. The Labute approximate surface area is 103 Å². The first-order chi connectivity index (χ1) is 8.01. The average Bonchev–Trinajstić information content (AvgIpc) is 2.62. The van der Waals surface area contributed by atoms with Gasteiger partial charge >= 0.3 is 0 Å². The fourth-order valence-electron chi connectivity index (χ4n) is 1.90. The Morgan fingerprint density at radius 1 is 1.35 bits per heavy atom. The lowest BCUT2D eigenvalue weighted by Gasteiger charge is -2.14. The van der Waals surface area contributed by atoms with Gasteiger partial charge in [0.05, 0.1) is 6.54 Å². The van der Waals surface area contributed by atoms with E-state index >= 15 is 0 Å². The van der Waals surface area contributed by atoms with E-state index in [4.69, 9.17) is 10.3 Å². The molecule has 0 amide bonds. The van der Waals surface area contributed by atoms with Crippen molar-refractivity contribution >= 4 is 0 Å². The third-order valence-electron chi connectivity index (χ3n) is 2.57. The van der Waals surface area contributed by atoms with Gasteiger partial charge in [-0.25, -0.2) is 0 Å². The first-order valence-corrected chi connectivity index (χ1v) is 6.17. The number of rotatable bonds is 7. The molecule has 1 atom stereocenters. The number of nitrogens with two attached hydrogens (primary N) is 1. The van der Waals surface area contributed by atoms with Gasteiger partial charge in [-0.3, -0.25) is 0 Å². The van der Waals surface area contributed by atoms with Crippen molar-refractivity contribution in [2.24, 2.45) is 17.6 Å². The quantitative estimate of drug-likeness (QED) is 0.778. The van der Waals surface area contributed by atoms with Crippen LogP contribution in [0.5, 0.6) is 0 Å². The Bertz CT molecular complexity index is 322. The van der Waals surface area contributed by atoms with Crippen LogP contribution in [0.1, 0.15) is 32.0 Å². The molecule has 0 radical (unpaired) electrons. The maximum atomic E-state index is 5.76. The summed E-state index contributed by atoms with van der Waals surface area (Å²) in [7, 11) is 3.97. The van der Waals surface area contributed by atoms with Crippen LogP contribution in [0.3, 0.4) is 0 Å². The Kier molecular flexibility index (Phi) is 5.58. The van der Waals surface area contributed by atoms with E-state index in [0.717, 1.165) is 18.7 Å². The molecule has 17 heavy (non-hydrogen) atoms. The summed E-state index contributed by atoms with van der Waals surface area (Å²) < 4.78 is 5.24. The Morgan fingerprint density at radius 3 is 2.59 bits per heavy atom. The lowest BCUT2D eigenvalue weighted by Crippen LogP contribution is -2.19. The molecule has 0 saturated carbocycles. The van der Waals surface area contributed by atoms with Crippen molar-refractivity contribution in [3.63, 3.8) is 0 Å². The highest BCUT2D eigenvalue weighted by atomic mass is 16.5. The molecule has 0 aromatic carbocycles. The maximum absolute atomic E-state index is 5.76. The van der Waals surface area contributed by atoms with Crippen LogP contribution in [-0.2, 0) is 13.0 Å². The molecule has 0 saturated heterocycles. The summed E-state index contributed by atoms with van der Waals surface area (Å²) in [5, 5.41) is 3.95. The molecule has 2 N–H and O–H groups in total. The van der Waals surface area contributed by atoms with Gasteiger partial charge < -0.3 is 15.2 Å². The molecule has 5 nitrogen and oxygen atoms in total. The molecular formula is C12H24N4O. The molecule has 1 heterocycles. The van der Waals surface area contributed by atoms with E-state index in [0.29, 0.717) is 30.8 Å². The highest BCUT2D eigenvalue weighted by Crippen LogP contribution is 2.15. The fraction of sp³-hybridized carbons (Fsp3) is 0.833. The van der Waals surface area contributed by atoms with Crippen LogP contribution >= 0.6 is 0 Å². The third-order valence-corrected chi connectivity index (χ3v) is 2.57. The van der Waals surface area contributed by atoms with Crippen LogP contribution in [-0.4, -0.2) is 35.7 Å².